The van der Waals surface area contributed by atoms with E-state index in [1.165, 1.54) is 13.0 Å². The highest BCUT2D eigenvalue weighted by atomic mass is 19.4. The normalized spacial score (nSPS) is 22.1. The van der Waals surface area contributed by atoms with Crippen LogP contribution in [-0.2, 0) is 22.2 Å². The summed E-state index contributed by atoms with van der Waals surface area (Å²) in [6, 6.07) is 13.3. The molecule has 204 valence electrons. The van der Waals surface area contributed by atoms with Crippen molar-refractivity contribution < 1.29 is 27.5 Å². The van der Waals surface area contributed by atoms with Crippen LogP contribution in [-0.4, -0.2) is 91.5 Å². The zero-order chi connectivity index (χ0) is 26.9. The van der Waals surface area contributed by atoms with E-state index in [0.717, 1.165) is 24.0 Å². The van der Waals surface area contributed by atoms with E-state index in [1.807, 2.05) is 30.3 Å². The number of amides is 2. The zero-order valence-corrected chi connectivity index (χ0v) is 21.5. The number of hydrogen-bond donors (Lipinski definition) is 0. The molecule has 10 heteroatoms. The molecule has 3 aliphatic rings. The van der Waals surface area contributed by atoms with Crippen LogP contribution in [0.3, 0.4) is 0 Å². The molecule has 0 spiro atoms. The summed E-state index contributed by atoms with van der Waals surface area (Å²) in [5.41, 5.74) is 0.666. The van der Waals surface area contributed by atoms with Gasteiger partial charge in [-0.05, 0) is 42.3 Å². The van der Waals surface area contributed by atoms with Gasteiger partial charge < -0.3 is 19.4 Å². The van der Waals surface area contributed by atoms with E-state index < -0.39 is 17.7 Å². The Kier molecular flexibility index (Phi) is 7.52. The summed E-state index contributed by atoms with van der Waals surface area (Å²) in [6.45, 7) is 6.51. The van der Waals surface area contributed by atoms with Crippen molar-refractivity contribution in [3.8, 4) is 5.75 Å². The molecule has 0 saturated carbocycles. The van der Waals surface area contributed by atoms with Crippen molar-refractivity contribution in [2.24, 2.45) is 5.92 Å². The van der Waals surface area contributed by atoms with Crippen LogP contribution in [0.4, 0.5) is 18.9 Å². The lowest BCUT2D eigenvalue weighted by Crippen LogP contribution is -2.62. The highest BCUT2D eigenvalue weighted by Crippen LogP contribution is 2.40. The summed E-state index contributed by atoms with van der Waals surface area (Å²) in [4.78, 5) is 33.4. The molecule has 0 bridgehead atoms. The number of ether oxygens (including phenoxy) is 1. The molecular formula is C28H33F3N4O3. The van der Waals surface area contributed by atoms with E-state index in [-0.39, 0.29) is 24.3 Å². The molecule has 5 rings (SSSR count). The van der Waals surface area contributed by atoms with Crippen LogP contribution in [0, 0.1) is 5.92 Å². The van der Waals surface area contributed by atoms with E-state index >= 15 is 0 Å². The first kappa shape index (κ1) is 26.3. The second-order valence-electron chi connectivity index (χ2n) is 10.2. The molecule has 0 aromatic heterocycles. The van der Waals surface area contributed by atoms with E-state index in [4.69, 9.17) is 4.74 Å². The molecule has 2 amide bonds. The molecule has 38 heavy (non-hydrogen) atoms. The van der Waals surface area contributed by atoms with Gasteiger partial charge in [0, 0.05) is 65.0 Å². The van der Waals surface area contributed by atoms with Gasteiger partial charge >= 0.3 is 6.18 Å². The van der Waals surface area contributed by atoms with Gasteiger partial charge in [-0.1, -0.05) is 18.2 Å². The number of piperazine rings is 2. The molecule has 2 atom stereocenters. The Bertz CT molecular complexity index is 1150. The maximum absolute atomic E-state index is 13.8. The van der Waals surface area contributed by atoms with Crippen molar-refractivity contribution in [3.63, 3.8) is 0 Å². The lowest BCUT2D eigenvalue weighted by molar-refractivity contribution is -0.142. The Balaban J connectivity index is 1.34. The minimum absolute atomic E-state index is 0.0183. The Morgan fingerprint density at radius 1 is 0.947 bits per heavy atom. The summed E-state index contributed by atoms with van der Waals surface area (Å²) in [5, 5.41) is 0. The van der Waals surface area contributed by atoms with Gasteiger partial charge in [-0.15, -0.1) is 0 Å². The maximum atomic E-state index is 13.8. The summed E-state index contributed by atoms with van der Waals surface area (Å²) >= 11 is 0. The largest absolute Gasteiger partial charge is 0.492 e. The molecule has 2 fully saturated rings. The van der Waals surface area contributed by atoms with Crippen LogP contribution >= 0.6 is 0 Å². The molecule has 2 aromatic rings. The van der Waals surface area contributed by atoms with E-state index in [9.17, 15) is 22.8 Å². The third-order valence-corrected chi connectivity index (χ3v) is 7.90. The number of carbonyl (C=O) groups excluding carboxylic acids is 2. The van der Waals surface area contributed by atoms with Crippen LogP contribution in [0.1, 0.15) is 18.1 Å². The number of anilines is 1. The molecule has 2 aromatic carbocycles. The maximum Gasteiger partial charge on any atom is 0.416 e. The van der Waals surface area contributed by atoms with Crippen molar-refractivity contribution in [2.45, 2.75) is 25.6 Å². The van der Waals surface area contributed by atoms with Crippen molar-refractivity contribution >= 4 is 17.5 Å². The predicted octanol–water partition coefficient (Wildman–Crippen LogP) is 3.14. The van der Waals surface area contributed by atoms with Crippen LogP contribution < -0.4 is 9.64 Å². The van der Waals surface area contributed by atoms with Gasteiger partial charge in [-0.25, -0.2) is 0 Å². The van der Waals surface area contributed by atoms with Gasteiger partial charge in [0.1, 0.15) is 12.4 Å². The highest BCUT2D eigenvalue weighted by Gasteiger charge is 2.44. The number of halogens is 3. The number of rotatable bonds is 5. The van der Waals surface area contributed by atoms with Gasteiger partial charge in [-0.3, -0.25) is 14.5 Å². The monoisotopic (exact) mass is 530 g/mol. The minimum Gasteiger partial charge on any atom is -0.492 e. The first-order valence-electron chi connectivity index (χ1n) is 13.1. The second-order valence-corrected chi connectivity index (χ2v) is 10.2. The fourth-order valence-corrected chi connectivity index (χ4v) is 5.83. The van der Waals surface area contributed by atoms with Gasteiger partial charge in [-0.2, -0.15) is 13.2 Å². The lowest BCUT2D eigenvalue weighted by Gasteiger charge is -2.50. The number of para-hydroxylation sites is 1. The summed E-state index contributed by atoms with van der Waals surface area (Å²) in [6.07, 6.45) is -4.17. The number of nitrogens with zero attached hydrogens (tertiary/aromatic N) is 4. The Morgan fingerprint density at radius 2 is 1.66 bits per heavy atom. The third-order valence-electron chi connectivity index (χ3n) is 7.90. The highest BCUT2D eigenvalue weighted by molar-refractivity contribution is 5.83. The molecule has 3 aliphatic heterocycles. The molecular weight excluding hydrogens is 497 g/mol. The minimum atomic E-state index is -4.44. The average Bonchev–Trinajstić information content (AvgIpc) is 2.92. The third kappa shape index (κ3) is 5.60. The summed E-state index contributed by atoms with van der Waals surface area (Å²) in [5.74, 6) is 0.271. The SMILES string of the molecule is CC(=O)N1CCN(C(=O)[C@H]2Cc3cc(C(F)(F)F)ccc3N3CCN(CCOc4ccccc4)C[C@@H]23)CC1. The standard InChI is InChI=1S/C28H33F3N4O3/c1-20(36)33-10-12-34(13-11-33)27(37)24-18-21-17-22(28(29,30)31)7-8-25(21)35-14-9-32(19-26(24)35)15-16-38-23-5-3-2-4-6-23/h2-8,17,24,26H,9-16,18-19H2,1H3/t24-,26-/m0/s1. The summed E-state index contributed by atoms with van der Waals surface area (Å²) in [7, 11) is 0. The van der Waals surface area contributed by atoms with Crippen LogP contribution in [0.5, 0.6) is 5.75 Å². The van der Waals surface area contributed by atoms with Gasteiger partial charge in [0.15, 0.2) is 0 Å². The van der Waals surface area contributed by atoms with Crippen LogP contribution in [0.2, 0.25) is 0 Å². The first-order valence-corrected chi connectivity index (χ1v) is 13.1. The van der Waals surface area contributed by atoms with Crippen molar-refractivity contribution in [1.82, 2.24) is 14.7 Å². The van der Waals surface area contributed by atoms with Gasteiger partial charge in [0.25, 0.3) is 0 Å². The quantitative estimate of drug-likeness (QED) is 0.595. The van der Waals surface area contributed by atoms with Gasteiger partial charge in [0.05, 0.1) is 17.5 Å². The van der Waals surface area contributed by atoms with E-state index in [2.05, 4.69) is 9.80 Å². The van der Waals surface area contributed by atoms with E-state index in [1.54, 1.807) is 15.9 Å². The van der Waals surface area contributed by atoms with Crippen molar-refractivity contribution in [3.05, 3.63) is 59.7 Å². The van der Waals surface area contributed by atoms with Crippen molar-refractivity contribution in [1.29, 1.82) is 0 Å². The molecule has 7 nitrogen and oxygen atoms in total. The Morgan fingerprint density at radius 3 is 2.34 bits per heavy atom. The molecule has 0 unspecified atom stereocenters. The number of benzene rings is 2. The second kappa shape index (κ2) is 10.8. The van der Waals surface area contributed by atoms with E-state index in [0.29, 0.717) is 58.0 Å². The van der Waals surface area contributed by atoms with Crippen molar-refractivity contribution in [2.75, 3.05) is 63.9 Å². The van der Waals surface area contributed by atoms with Gasteiger partial charge in [0.2, 0.25) is 11.8 Å². The molecule has 2 saturated heterocycles. The number of fused-ring (bicyclic) bond motifs is 3. The Hall–Kier alpha value is -3.27. The first-order chi connectivity index (χ1) is 18.2. The number of carbonyl (C=O) groups is 2. The molecule has 0 N–H and O–H groups in total. The lowest BCUT2D eigenvalue weighted by atomic mass is 9.82. The van der Waals surface area contributed by atoms with Crippen LogP contribution in [0.15, 0.2) is 48.5 Å². The number of hydrogen-bond acceptors (Lipinski definition) is 5. The summed E-state index contributed by atoms with van der Waals surface area (Å²) < 4.78 is 46.4. The van der Waals surface area contributed by atoms with Crippen LogP contribution in [0.25, 0.3) is 0 Å². The predicted molar refractivity (Wildman–Crippen MR) is 137 cm³/mol. The topological polar surface area (TPSA) is 56.3 Å². The average molecular weight is 531 g/mol. The fourth-order valence-electron chi connectivity index (χ4n) is 5.83. The molecule has 3 heterocycles. The Labute approximate surface area is 220 Å². The molecule has 0 aliphatic carbocycles. The smallest absolute Gasteiger partial charge is 0.416 e. The number of alkyl halides is 3. The fraction of sp³-hybridized carbons (Fsp3) is 0.500. The molecule has 0 radical (unpaired) electrons. The zero-order valence-electron chi connectivity index (χ0n) is 21.5.